The summed E-state index contributed by atoms with van der Waals surface area (Å²) in [6, 6.07) is 5.24. The molecule has 0 aliphatic heterocycles. The van der Waals surface area contributed by atoms with Crippen LogP contribution in [0.5, 0.6) is 5.88 Å². The zero-order chi connectivity index (χ0) is 13.2. The van der Waals surface area contributed by atoms with Gasteiger partial charge in [-0.05, 0) is 23.3 Å². The molecule has 0 fully saturated rings. The molecule has 0 saturated carbocycles. The summed E-state index contributed by atoms with van der Waals surface area (Å²) in [5.74, 6) is 0.783. The molecule has 2 aliphatic rings. The molecule has 3 rings (SSSR count). The van der Waals surface area contributed by atoms with Crippen molar-refractivity contribution in [1.82, 2.24) is 4.98 Å². The summed E-state index contributed by atoms with van der Waals surface area (Å²) in [4.78, 5) is 16.3. The topological polar surface area (TPSA) is 51.2 Å². The van der Waals surface area contributed by atoms with Gasteiger partial charge in [0.2, 0.25) is 5.88 Å². The van der Waals surface area contributed by atoms with E-state index in [1.54, 1.807) is 25.3 Å². The van der Waals surface area contributed by atoms with E-state index in [4.69, 9.17) is 4.74 Å². The number of fused-ring (bicyclic) bond motifs is 1. The molecule has 1 aromatic rings. The molecule has 4 heteroatoms. The zero-order valence-electron chi connectivity index (χ0n) is 10.4. The van der Waals surface area contributed by atoms with Crippen molar-refractivity contribution in [1.29, 1.82) is 0 Å². The second-order valence-corrected chi connectivity index (χ2v) is 4.16. The van der Waals surface area contributed by atoms with E-state index in [0.717, 1.165) is 11.1 Å². The maximum Gasteiger partial charge on any atom is 0.257 e. The number of rotatable bonds is 3. The summed E-state index contributed by atoms with van der Waals surface area (Å²) < 4.78 is 5.02. The monoisotopic (exact) mass is 252 g/mol. The number of methoxy groups -OCH3 is 1. The maximum atomic E-state index is 12.2. The van der Waals surface area contributed by atoms with Gasteiger partial charge in [-0.2, -0.15) is 4.98 Å². The van der Waals surface area contributed by atoms with Gasteiger partial charge in [0.05, 0.1) is 7.11 Å². The van der Waals surface area contributed by atoms with Crippen LogP contribution in [-0.2, 0) is 4.79 Å². The molecule has 1 N–H and O–H groups in total. The fourth-order valence-electron chi connectivity index (χ4n) is 2.07. The third-order valence-corrected chi connectivity index (χ3v) is 2.99. The Morgan fingerprint density at radius 1 is 1.26 bits per heavy atom. The van der Waals surface area contributed by atoms with E-state index in [1.165, 1.54) is 0 Å². The Bertz CT molecular complexity index is 666. The smallest absolute Gasteiger partial charge is 0.257 e. The predicted octanol–water partition coefficient (Wildman–Crippen LogP) is 2.39. The minimum Gasteiger partial charge on any atom is -0.481 e. The van der Waals surface area contributed by atoms with E-state index in [2.05, 4.69) is 10.3 Å². The highest BCUT2D eigenvalue weighted by atomic mass is 16.5. The molecular formula is C15H12N2O2. The van der Waals surface area contributed by atoms with Crippen molar-refractivity contribution in [2.24, 2.45) is 0 Å². The highest BCUT2D eigenvalue weighted by molar-refractivity contribution is 6.08. The van der Waals surface area contributed by atoms with Crippen LogP contribution in [0.15, 0.2) is 65.3 Å². The molecule has 94 valence electrons. The second kappa shape index (κ2) is 4.57. The number of amides is 1. The number of anilines is 1. The lowest BCUT2D eigenvalue weighted by Crippen LogP contribution is -2.14. The van der Waals surface area contributed by atoms with Crippen LogP contribution in [0.4, 0.5) is 5.82 Å². The Balaban J connectivity index is 1.83. The van der Waals surface area contributed by atoms with Crippen molar-refractivity contribution in [2.45, 2.75) is 0 Å². The molecule has 4 nitrogen and oxygen atoms in total. The molecule has 2 aliphatic carbocycles. The Morgan fingerprint density at radius 3 is 3.00 bits per heavy atom. The summed E-state index contributed by atoms with van der Waals surface area (Å²) >= 11 is 0. The second-order valence-electron chi connectivity index (χ2n) is 4.16. The van der Waals surface area contributed by atoms with E-state index in [1.807, 2.05) is 30.4 Å². The van der Waals surface area contributed by atoms with Gasteiger partial charge in [0.15, 0.2) is 0 Å². The first kappa shape index (κ1) is 11.5. The van der Waals surface area contributed by atoms with Crippen LogP contribution in [0.1, 0.15) is 0 Å². The van der Waals surface area contributed by atoms with Crippen LogP contribution in [0, 0.1) is 0 Å². The molecule has 0 bridgehead atoms. The van der Waals surface area contributed by atoms with E-state index in [-0.39, 0.29) is 5.91 Å². The average molecular weight is 252 g/mol. The number of ether oxygens (including phenoxy) is 1. The number of hydrogen-bond acceptors (Lipinski definition) is 3. The Morgan fingerprint density at radius 2 is 2.16 bits per heavy atom. The Kier molecular flexibility index (Phi) is 2.76. The molecule has 1 amide bonds. The van der Waals surface area contributed by atoms with Crippen molar-refractivity contribution in [2.75, 3.05) is 12.4 Å². The van der Waals surface area contributed by atoms with Gasteiger partial charge in [-0.3, -0.25) is 4.79 Å². The lowest BCUT2D eigenvalue weighted by atomic mass is 10.1. The van der Waals surface area contributed by atoms with Gasteiger partial charge >= 0.3 is 0 Å². The zero-order valence-corrected chi connectivity index (χ0v) is 10.4. The Hall–Kier alpha value is -2.62. The molecule has 0 spiro atoms. The highest BCUT2D eigenvalue weighted by Crippen LogP contribution is 2.30. The lowest BCUT2D eigenvalue weighted by molar-refractivity contribution is -0.112. The molecule has 0 atom stereocenters. The molecule has 1 aromatic heterocycles. The minimum atomic E-state index is -0.165. The number of nitrogens with one attached hydrogen (secondary N) is 1. The van der Waals surface area contributed by atoms with Crippen LogP contribution in [0.25, 0.3) is 0 Å². The highest BCUT2D eigenvalue weighted by Gasteiger charge is 2.20. The van der Waals surface area contributed by atoms with Crippen LogP contribution < -0.4 is 10.1 Å². The summed E-state index contributed by atoms with van der Waals surface area (Å²) in [6.07, 6.45) is 9.60. The summed E-state index contributed by atoms with van der Waals surface area (Å²) in [7, 11) is 1.54. The first-order valence-electron chi connectivity index (χ1n) is 5.91. The number of nitrogens with zero attached hydrogens (tertiary/aromatic N) is 1. The largest absolute Gasteiger partial charge is 0.481 e. The maximum absolute atomic E-state index is 12.2. The van der Waals surface area contributed by atoms with Gasteiger partial charge in [-0.15, -0.1) is 0 Å². The Labute approximate surface area is 110 Å². The lowest BCUT2D eigenvalue weighted by Gasteiger charge is -2.06. The molecule has 0 aromatic carbocycles. The molecule has 19 heavy (non-hydrogen) atoms. The van der Waals surface area contributed by atoms with E-state index in [9.17, 15) is 4.79 Å². The SMILES string of the molecule is COc1cccc(NC(=O)C2=C3C=CC=C3C=C2)n1. The summed E-state index contributed by atoms with van der Waals surface area (Å²) in [6.45, 7) is 0. The van der Waals surface area contributed by atoms with Gasteiger partial charge in [0.1, 0.15) is 5.82 Å². The molecular weight excluding hydrogens is 240 g/mol. The van der Waals surface area contributed by atoms with Crippen molar-refractivity contribution >= 4 is 11.7 Å². The van der Waals surface area contributed by atoms with Crippen LogP contribution in [-0.4, -0.2) is 18.0 Å². The van der Waals surface area contributed by atoms with E-state index in [0.29, 0.717) is 17.3 Å². The first-order valence-corrected chi connectivity index (χ1v) is 5.91. The quantitative estimate of drug-likeness (QED) is 0.898. The number of allylic oxidation sites excluding steroid dienone is 6. The third-order valence-electron chi connectivity index (χ3n) is 2.99. The van der Waals surface area contributed by atoms with Gasteiger partial charge in [-0.1, -0.05) is 30.4 Å². The number of carbonyl (C=O) groups excluding carboxylic acids is 1. The molecule has 0 radical (unpaired) electrons. The summed E-state index contributed by atoms with van der Waals surface area (Å²) in [5, 5.41) is 2.77. The van der Waals surface area contributed by atoms with Crippen molar-refractivity contribution < 1.29 is 9.53 Å². The number of hydrogen-bond donors (Lipinski definition) is 1. The van der Waals surface area contributed by atoms with Gasteiger partial charge in [0.25, 0.3) is 5.91 Å². The minimum absolute atomic E-state index is 0.165. The van der Waals surface area contributed by atoms with Crippen molar-refractivity contribution in [3.63, 3.8) is 0 Å². The number of carbonyl (C=O) groups is 1. The van der Waals surface area contributed by atoms with Crippen LogP contribution in [0.3, 0.4) is 0 Å². The van der Waals surface area contributed by atoms with E-state index >= 15 is 0 Å². The van der Waals surface area contributed by atoms with Crippen molar-refractivity contribution in [3.05, 3.63) is 65.3 Å². The van der Waals surface area contributed by atoms with Crippen molar-refractivity contribution in [3.8, 4) is 5.88 Å². The standard InChI is InChI=1S/C15H12N2O2/c1-19-14-7-3-6-13(16-14)17-15(18)12-9-8-10-4-2-5-11(10)12/h2-9H,1H3,(H,16,17,18). The molecule has 0 unspecified atom stereocenters. The molecule has 1 heterocycles. The van der Waals surface area contributed by atoms with Gasteiger partial charge in [-0.25, -0.2) is 0 Å². The van der Waals surface area contributed by atoms with Gasteiger partial charge in [0, 0.05) is 11.6 Å². The fourth-order valence-corrected chi connectivity index (χ4v) is 2.07. The van der Waals surface area contributed by atoms with Crippen LogP contribution in [0.2, 0.25) is 0 Å². The fraction of sp³-hybridized carbons (Fsp3) is 0.0667. The third kappa shape index (κ3) is 2.08. The number of aromatic nitrogens is 1. The molecule has 0 saturated heterocycles. The van der Waals surface area contributed by atoms with Gasteiger partial charge < -0.3 is 10.1 Å². The summed E-state index contributed by atoms with van der Waals surface area (Å²) in [5.41, 5.74) is 2.69. The first-order chi connectivity index (χ1) is 9.28. The van der Waals surface area contributed by atoms with Crippen LogP contribution >= 0.6 is 0 Å². The van der Waals surface area contributed by atoms with E-state index < -0.39 is 0 Å². The normalized spacial score (nSPS) is 15.5. The predicted molar refractivity (Wildman–Crippen MR) is 72.8 cm³/mol. The average Bonchev–Trinajstić information content (AvgIpc) is 3.01. The number of pyridine rings is 1.